The Labute approximate surface area is 182 Å². The molecule has 0 aliphatic heterocycles. The SMILES string of the molecule is COc1cc(C(=O)NS(=O)(=O)c2cnn3ccc(N)nc23)ccc1Cl.O=C(O)C(F)(F)F. The van der Waals surface area contributed by atoms with Crippen LogP contribution in [0.4, 0.5) is 19.0 Å². The summed E-state index contributed by atoms with van der Waals surface area (Å²) >= 11 is 5.89. The van der Waals surface area contributed by atoms with Crippen molar-refractivity contribution in [2.75, 3.05) is 12.8 Å². The highest BCUT2D eigenvalue weighted by molar-refractivity contribution is 7.90. The van der Waals surface area contributed by atoms with Gasteiger partial charge in [-0.1, -0.05) is 11.6 Å². The summed E-state index contributed by atoms with van der Waals surface area (Å²) in [6.45, 7) is 0. The van der Waals surface area contributed by atoms with Gasteiger partial charge in [-0.05, 0) is 24.3 Å². The number of sulfonamides is 1. The number of nitrogens with zero attached hydrogens (tertiary/aromatic N) is 3. The number of carbonyl (C=O) groups is 2. The third-order valence-electron chi connectivity index (χ3n) is 3.53. The average molecular weight is 496 g/mol. The minimum atomic E-state index is -5.08. The number of nitrogen functional groups attached to an aromatic ring is 1. The van der Waals surface area contributed by atoms with E-state index in [0.29, 0.717) is 5.02 Å². The zero-order chi connectivity index (χ0) is 24.3. The fourth-order valence-electron chi connectivity index (χ4n) is 2.09. The van der Waals surface area contributed by atoms with Crippen molar-refractivity contribution in [3.8, 4) is 5.75 Å². The van der Waals surface area contributed by atoms with Crippen LogP contribution in [0, 0.1) is 0 Å². The number of aliphatic carboxylic acids is 1. The number of rotatable bonds is 4. The summed E-state index contributed by atoms with van der Waals surface area (Å²) in [5, 5.41) is 11.3. The first kappa shape index (κ1) is 24.7. The van der Waals surface area contributed by atoms with Crippen molar-refractivity contribution in [3.05, 3.63) is 47.2 Å². The number of ether oxygens (including phenoxy) is 1. The van der Waals surface area contributed by atoms with Crippen molar-refractivity contribution in [2.24, 2.45) is 0 Å². The van der Waals surface area contributed by atoms with Crippen LogP contribution in [0.15, 0.2) is 41.6 Å². The molecule has 1 aromatic carbocycles. The van der Waals surface area contributed by atoms with Crippen molar-refractivity contribution in [2.45, 2.75) is 11.1 Å². The molecule has 0 spiro atoms. The van der Waals surface area contributed by atoms with E-state index in [9.17, 15) is 26.4 Å². The summed E-state index contributed by atoms with van der Waals surface area (Å²) in [6, 6.07) is 5.61. The van der Waals surface area contributed by atoms with Gasteiger partial charge in [-0.15, -0.1) is 0 Å². The third-order valence-corrected chi connectivity index (χ3v) is 5.16. The topological polar surface area (TPSA) is 166 Å². The highest BCUT2D eigenvalue weighted by Gasteiger charge is 2.38. The van der Waals surface area contributed by atoms with Gasteiger partial charge >= 0.3 is 12.1 Å². The van der Waals surface area contributed by atoms with Crippen LogP contribution >= 0.6 is 11.6 Å². The summed E-state index contributed by atoms with van der Waals surface area (Å²) < 4.78 is 64.9. The highest BCUT2D eigenvalue weighted by Crippen LogP contribution is 2.25. The molecule has 32 heavy (non-hydrogen) atoms. The second-order valence-corrected chi connectivity index (χ2v) is 7.77. The molecule has 11 nitrogen and oxygen atoms in total. The number of benzene rings is 1. The van der Waals surface area contributed by atoms with E-state index < -0.39 is 28.1 Å². The second kappa shape index (κ2) is 9.27. The molecule has 16 heteroatoms. The largest absolute Gasteiger partial charge is 0.495 e. The molecule has 2 heterocycles. The number of hydrogen-bond donors (Lipinski definition) is 3. The predicted molar refractivity (Wildman–Crippen MR) is 104 cm³/mol. The van der Waals surface area contributed by atoms with Crippen molar-refractivity contribution in [1.29, 1.82) is 0 Å². The van der Waals surface area contributed by atoms with Crippen LogP contribution < -0.4 is 15.2 Å². The van der Waals surface area contributed by atoms with E-state index >= 15 is 0 Å². The quantitative estimate of drug-likeness (QED) is 0.488. The van der Waals surface area contributed by atoms with Crippen LogP contribution in [-0.4, -0.2) is 53.3 Å². The number of methoxy groups -OCH3 is 1. The fourth-order valence-corrected chi connectivity index (χ4v) is 3.32. The number of carboxylic acid groups (broad SMARTS) is 1. The van der Waals surface area contributed by atoms with E-state index in [-0.39, 0.29) is 27.7 Å². The Morgan fingerprint density at radius 3 is 2.47 bits per heavy atom. The van der Waals surface area contributed by atoms with Crippen LogP contribution in [0.1, 0.15) is 10.4 Å². The van der Waals surface area contributed by atoms with Gasteiger partial charge < -0.3 is 15.6 Å². The van der Waals surface area contributed by atoms with Gasteiger partial charge in [0, 0.05) is 11.8 Å². The Hall–Kier alpha value is -3.59. The summed E-state index contributed by atoms with van der Waals surface area (Å²) in [5.74, 6) is -3.24. The number of hydrogen-bond acceptors (Lipinski definition) is 8. The maximum Gasteiger partial charge on any atom is 0.490 e. The van der Waals surface area contributed by atoms with Gasteiger partial charge in [0.25, 0.3) is 15.9 Å². The highest BCUT2D eigenvalue weighted by atomic mass is 35.5. The van der Waals surface area contributed by atoms with Gasteiger partial charge in [0.2, 0.25) is 0 Å². The first-order valence-corrected chi connectivity index (χ1v) is 9.93. The number of aromatic nitrogens is 3. The lowest BCUT2D eigenvalue weighted by molar-refractivity contribution is -0.192. The number of nitrogens with one attached hydrogen (secondary N) is 1. The zero-order valence-corrected chi connectivity index (χ0v) is 17.4. The number of nitrogens with two attached hydrogens (primary N) is 1. The van der Waals surface area contributed by atoms with Gasteiger partial charge in [0.15, 0.2) is 10.5 Å². The number of fused-ring (bicyclic) bond motifs is 1. The standard InChI is InChI=1S/C14H12ClN5O4S.C2HF3O2/c1-24-10-6-8(2-3-9(10)15)14(21)19-25(22,23)11-7-17-20-5-4-12(16)18-13(11)20;3-2(4,5)1(6)7/h2-7H,1H3,(H2,16,18)(H,19,21);(H,6,7). The molecule has 4 N–H and O–H groups in total. The minimum absolute atomic E-state index is 0.00832. The number of carbonyl (C=O) groups excluding carboxylic acids is 1. The molecule has 0 atom stereocenters. The Kier molecular flexibility index (Phi) is 7.15. The molecule has 0 saturated heterocycles. The zero-order valence-electron chi connectivity index (χ0n) is 15.8. The summed E-state index contributed by atoms with van der Waals surface area (Å²) in [5.41, 5.74) is 5.64. The molecular formula is C16H13ClF3N5O6S. The van der Waals surface area contributed by atoms with Crippen LogP contribution in [0.5, 0.6) is 5.75 Å². The normalized spacial score (nSPS) is 11.4. The lowest BCUT2D eigenvalue weighted by Crippen LogP contribution is -2.30. The van der Waals surface area contributed by atoms with E-state index in [2.05, 4.69) is 10.1 Å². The Morgan fingerprint density at radius 1 is 1.28 bits per heavy atom. The maximum absolute atomic E-state index is 12.5. The molecule has 0 aliphatic rings. The van der Waals surface area contributed by atoms with E-state index in [4.69, 9.17) is 32.0 Å². The van der Waals surface area contributed by atoms with Crippen molar-refractivity contribution >= 4 is 45.0 Å². The van der Waals surface area contributed by atoms with E-state index in [1.54, 1.807) is 0 Å². The molecule has 0 bridgehead atoms. The summed E-state index contributed by atoms with van der Waals surface area (Å²) in [6.07, 6.45) is -2.54. The number of amides is 1. The third kappa shape index (κ3) is 5.76. The molecule has 0 saturated carbocycles. The first-order chi connectivity index (χ1) is 14.8. The van der Waals surface area contributed by atoms with Crippen LogP contribution in [-0.2, 0) is 14.8 Å². The van der Waals surface area contributed by atoms with Crippen molar-refractivity contribution in [3.63, 3.8) is 0 Å². The molecular weight excluding hydrogens is 483 g/mol. The lowest BCUT2D eigenvalue weighted by atomic mass is 10.2. The molecule has 0 unspecified atom stereocenters. The van der Waals surface area contributed by atoms with Crippen LogP contribution in [0.2, 0.25) is 5.02 Å². The monoisotopic (exact) mass is 495 g/mol. The number of carboxylic acids is 1. The van der Waals surface area contributed by atoms with Gasteiger partial charge in [-0.2, -0.15) is 18.3 Å². The van der Waals surface area contributed by atoms with Gasteiger partial charge in [-0.25, -0.2) is 27.4 Å². The van der Waals surface area contributed by atoms with Gasteiger partial charge in [0.05, 0.1) is 18.3 Å². The molecule has 0 radical (unpaired) electrons. The maximum atomic E-state index is 12.5. The molecule has 172 valence electrons. The molecule has 0 fully saturated rings. The Balaban J connectivity index is 0.000000451. The number of halogens is 4. The molecule has 0 aliphatic carbocycles. The van der Waals surface area contributed by atoms with Crippen LogP contribution in [0.3, 0.4) is 0 Å². The number of alkyl halides is 3. The molecule has 1 amide bonds. The van der Waals surface area contributed by atoms with Crippen molar-refractivity contribution in [1.82, 2.24) is 19.3 Å². The molecule has 2 aromatic heterocycles. The van der Waals surface area contributed by atoms with Crippen LogP contribution in [0.25, 0.3) is 5.65 Å². The Bertz CT molecular complexity index is 1280. The lowest BCUT2D eigenvalue weighted by Gasteiger charge is -2.08. The first-order valence-electron chi connectivity index (χ1n) is 8.07. The second-order valence-electron chi connectivity index (χ2n) is 5.72. The number of anilines is 1. The minimum Gasteiger partial charge on any atom is -0.495 e. The van der Waals surface area contributed by atoms with E-state index in [1.807, 2.05) is 4.72 Å². The smallest absolute Gasteiger partial charge is 0.490 e. The summed E-state index contributed by atoms with van der Waals surface area (Å²) in [7, 11) is -2.83. The van der Waals surface area contributed by atoms with E-state index in [1.165, 1.54) is 42.1 Å². The molecule has 3 rings (SSSR count). The van der Waals surface area contributed by atoms with Gasteiger partial charge in [0.1, 0.15) is 11.6 Å². The van der Waals surface area contributed by atoms with Gasteiger partial charge in [-0.3, -0.25) is 4.79 Å². The van der Waals surface area contributed by atoms with E-state index in [0.717, 1.165) is 6.20 Å². The average Bonchev–Trinajstić information content (AvgIpc) is 3.11. The Morgan fingerprint density at radius 2 is 1.91 bits per heavy atom. The molecule has 3 aromatic rings. The summed E-state index contributed by atoms with van der Waals surface area (Å²) in [4.78, 5) is 24.8. The van der Waals surface area contributed by atoms with Crippen molar-refractivity contribution < 1.29 is 41.0 Å². The predicted octanol–water partition coefficient (Wildman–Crippen LogP) is 1.73. The fraction of sp³-hybridized carbons (Fsp3) is 0.125.